The Bertz CT molecular complexity index is 909. The SMILES string of the molecule is O=C(O)NCc1cnc(-c2ccc(F)cc2)cc1-c1nccn1CCO. The number of carbonyl (C=O) groups is 1. The third kappa shape index (κ3) is 3.86. The van der Waals surface area contributed by atoms with E-state index in [1.54, 1.807) is 41.4 Å². The maximum absolute atomic E-state index is 13.2. The predicted octanol–water partition coefficient (Wildman–Crippen LogP) is 2.51. The summed E-state index contributed by atoms with van der Waals surface area (Å²) in [6, 6.07) is 7.72. The molecule has 0 saturated carbocycles. The topological polar surface area (TPSA) is 100 Å². The van der Waals surface area contributed by atoms with Gasteiger partial charge in [-0.15, -0.1) is 0 Å². The zero-order valence-corrected chi connectivity index (χ0v) is 13.8. The molecule has 0 aliphatic heterocycles. The first-order valence-corrected chi connectivity index (χ1v) is 7.92. The lowest BCUT2D eigenvalue weighted by Gasteiger charge is -2.13. The summed E-state index contributed by atoms with van der Waals surface area (Å²) >= 11 is 0. The highest BCUT2D eigenvalue weighted by Gasteiger charge is 2.14. The number of hydrogen-bond donors (Lipinski definition) is 3. The van der Waals surface area contributed by atoms with Crippen LogP contribution in [0.25, 0.3) is 22.6 Å². The molecule has 0 unspecified atom stereocenters. The van der Waals surface area contributed by atoms with Crippen molar-refractivity contribution < 1.29 is 19.4 Å². The first kappa shape index (κ1) is 17.6. The van der Waals surface area contributed by atoms with Crippen LogP contribution in [0.1, 0.15) is 5.56 Å². The van der Waals surface area contributed by atoms with Gasteiger partial charge in [0, 0.05) is 48.4 Å². The molecule has 0 aliphatic carbocycles. The number of aliphatic hydroxyl groups is 1. The highest BCUT2D eigenvalue weighted by atomic mass is 19.1. The zero-order chi connectivity index (χ0) is 18.5. The van der Waals surface area contributed by atoms with Crippen molar-refractivity contribution in [2.24, 2.45) is 0 Å². The molecular formula is C18H17FN4O3. The van der Waals surface area contributed by atoms with E-state index in [0.717, 1.165) is 5.56 Å². The van der Waals surface area contributed by atoms with Crippen LogP contribution in [0.3, 0.4) is 0 Å². The van der Waals surface area contributed by atoms with Crippen LogP contribution >= 0.6 is 0 Å². The Morgan fingerprint density at radius 3 is 2.69 bits per heavy atom. The van der Waals surface area contributed by atoms with Crippen LogP contribution < -0.4 is 5.32 Å². The lowest BCUT2D eigenvalue weighted by molar-refractivity contribution is 0.194. The largest absolute Gasteiger partial charge is 0.465 e. The number of halogens is 1. The van der Waals surface area contributed by atoms with Gasteiger partial charge in [0.2, 0.25) is 0 Å². The van der Waals surface area contributed by atoms with Crippen molar-refractivity contribution in [2.45, 2.75) is 13.1 Å². The van der Waals surface area contributed by atoms with Crippen LogP contribution in [-0.2, 0) is 13.1 Å². The number of benzene rings is 1. The van der Waals surface area contributed by atoms with E-state index in [0.29, 0.717) is 29.2 Å². The fourth-order valence-corrected chi connectivity index (χ4v) is 2.62. The number of imidazole rings is 1. The molecule has 0 spiro atoms. The fourth-order valence-electron chi connectivity index (χ4n) is 2.62. The molecule has 3 aromatic rings. The van der Waals surface area contributed by atoms with Crippen LogP contribution in [0.5, 0.6) is 0 Å². The van der Waals surface area contributed by atoms with E-state index in [9.17, 15) is 14.3 Å². The van der Waals surface area contributed by atoms with E-state index in [1.807, 2.05) is 0 Å². The maximum Gasteiger partial charge on any atom is 0.404 e. The van der Waals surface area contributed by atoms with Gasteiger partial charge in [-0.25, -0.2) is 14.2 Å². The Kier molecular flexibility index (Phi) is 5.23. The minimum absolute atomic E-state index is 0.0536. The molecule has 2 heterocycles. The van der Waals surface area contributed by atoms with E-state index in [4.69, 9.17) is 5.11 Å². The van der Waals surface area contributed by atoms with Crippen LogP contribution in [0.4, 0.5) is 9.18 Å². The highest BCUT2D eigenvalue weighted by molar-refractivity contribution is 5.70. The second-order valence-electron chi connectivity index (χ2n) is 5.56. The minimum atomic E-state index is -1.14. The molecule has 134 valence electrons. The molecule has 26 heavy (non-hydrogen) atoms. The molecule has 0 saturated heterocycles. The van der Waals surface area contributed by atoms with E-state index >= 15 is 0 Å². The summed E-state index contributed by atoms with van der Waals surface area (Å²) in [6.07, 6.45) is 3.77. The smallest absolute Gasteiger partial charge is 0.404 e. The van der Waals surface area contributed by atoms with Gasteiger partial charge < -0.3 is 20.1 Å². The van der Waals surface area contributed by atoms with Gasteiger partial charge in [0.25, 0.3) is 0 Å². The molecule has 1 amide bonds. The van der Waals surface area contributed by atoms with Crippen molar-refractivity contribution in [3.05, 3.63) is 60.3 Å². The third-order valence-corrected chi connectivity index (χ3v) is 3.85. The molecular weight excluding hydrogens is 339 g/mol. The molecule has 0 bridgehead atoms. The van der Waals surface area contributed by atoms with E-state index in [2.05, 4.69) is 15.3 Å². The molecule has 0 fully saturated rings. The molecule has 8 heteroatoms. The number of aliphatic hydroxyl groups excluding tert-OH is 1. The highest BCUT2D eigenvalue weighted by Crippen LogP contribution is 2.27. The van der Waals surface area contributed by atoms with Crippen LogP contribution in [-0.4, -0.2) is 37.4 Å². The summed E-state index contributed by atoms with van der Waals surface area (Å²) in [6.45, 7) is 0.366. The Hall–Kier alpha value is -3.26. The summed E-state index contributed by atoms with van der Waals surface area (Å²) in [4.78, 5) is 19.5. The number of nitrogens with zero attached hydrogens (tertiary/aromatic N) is 3. The lowest BCUT2D eigenvalue weighted by Crippen LogP contribution is -2.20. The Balaban J connectivity index is 2.07. The number of nitrogens with one attached hydrogen (secondary N) is 1. The molecule has 7 nitrogen and oxygen atoms in total. The van der Waals surface area contributed by atoms with Crippen LogP contribution in [0.15, 0.2) is 48.9 Å². The Labute approximate surface area is 148 Å². The first-order valence-electron chi connectivity index (χ1n) is 7.92. The quantitative estimate of drug-likeness (QED) is 0.630. The number of amides is 1. The summed E-state index contributed by atoms with van der Waals surface area (Å²) in [7, 11) is 0. The van der Waals surface area contributed by atoms with Crippen LogP contribution in [0.2, 0.25) is 0 Å². The van der Waals surface area contributed by atoms with Crippen molar-refractivity contribution in [3.8, 4) is 22.6 Å². The number of hydrogen-bond acceptors (Lipinski definition) is 4. The fraction of sp³-hybridized carbons (Fsp3) is 0.167. The van der Waals surface area contributed by atoms with Crippen molar-refractivity contribution >= 4 is 6.09 Å². The third-order valence-electron chi connectivity index (χ3n) is 3.85. The monoisotopic (exact) mass is 356 g/mol. The number of rotatable bonds is 6. The number of pyridine rings is 1. The molecule has 0 aliphatic rings. The van der Waals surface area contributed by atoms with Gasteiger partial charge >= 0.3 is 6.09 Å². The van der Waals surface area contributed by atoms with Gasteiger partial charge in [-0.2, -0.15) is 0 Å². The maximum atomic E-state index is 13.2. The Morgan fingerprint density at radius 2 is 2.00 bits per heavy atom. The van der Waals surface area contributed by atoms with Crippen molar-refractivity contribution in [3.63, 3.8) is 0 Å². The van der Waals surface area contributed by atoms with Crippen molar-refractivity contribution in [2.75, 3.05) is 6.61 Å². The van der Waals surface area contributed by atoms with Gasteiger partial charge in [-0.1, -0.05) is 0 Å². The van der Waals surface area contributed by atoms with Gasteiger partial charge in [0.1, 0.15) is 11.6 Å². The van der Waals surface area contributed by atoms with Gasteiger partial charge in [0.05, 0.1) is 12.3 Å². The summed E-state index contributed by atoms with van der Waals surface area (Å²) < 4.78 is 14.9. The first-order chi connectivity index (χ1) is 12.6. The average Bonchev–Trinajstić information content (AvgIpc) is 3.09. The summed E-state index contributed by atoms with van der Waals surface area (Å²) in [5.74, 6) is 0.252. The summed E-state index contributed by atoms with van der Waals surface area (Å²) in [5, 5.41) is 20.4. The second kappa shape index (κ2) is 7.75. The van der Waals surface area contributed by atoms with E-state index in [-0.39, 0.29) is 19.0 Å². The van der Waals surface area contributed by atoms with Crippen LogP contribution in [0, 0.1) is 5.82 Å². The molecule has 3 N–H and O–H groups in total. The van der Waals surface area contributed by atoms with Crippen molar-refractivity contribution in [1.82, 2.24) is 19.9 Å². The predicted molar refractivity (Wildman–Crippen MR) is 92.8 cm³/mol. The van der Waals surface area contributed by atoms with E-state index in [1.165, 1.54) is 12.1 Å². The second-order valence-corrected chi connectivity index (χ2v) is 5.56. The Morgan fingerprint density at radius 1 is 1.23 bits per heavy atom. The minimum Gasteiger partial charge on any atom is -0.465 e. The van der Waals surface area contributed by atoms with Gasteiger partial charge in [-0.05, 0) is 30.3 Å². The standard InChI is InChI=1S/C18H17FN4O3/c19-14-3-1-12(2-4-14)16-9-15(13(10-21-16)11-22-18(25)26)17-20-5-6-23(17)7-8-24/h1-6,9-10,22,24H,7-8,11H2,(H,25,26). The van der Waals surface area contributed by atoms with Gasteiger partial charge in [0.15, 0.2) is 0 Å². The lowest BCUT2D eigenvalue weighted by atomic mass is 10.0. The average molecular weight is 356 g/mol. The van der Waals surface area contributed by atoms with Gasteiger partial charge in [-0.3, -0.25) is 4.98 Å². The molecule has 1 aromatic carbocycles. The molecule has 3 rings (SSSR count). The molecule has 0 atom stereocenters. The molecule has 2 aromatic heterocycles. The summed E-state index contributed by atoms with van der Waals surface area (Å²) in [5.41, 5.74) is 2.67. The van der Waals surface area contributed by atoms with Crippen molar-refractivity contribution in [1.29, 1.82) is 0 Å². The zero-order valence-electron chi connectivity index (χ0n) is 13.8. The number of aromatic nitrogens is 3. The normalized spacial score (nSPS) is 10.7. The molecule has 0 radical (unpaired) electrons. The van der Waals surface area contributed by atoms with E-state index < -0.39 is 6.09 Å². The number of carboxylic acid groups (broad SMARTS) is 1.